The molecular weight excluding hydrogens is 319 g/mol. The van der Waals surface area contributed by atoms with Crippen LogP contribution in [0.3, 0.4) is 0 Å². The molecule has 4 aromatic rings. The Morgan fingerprint density at radius 3 is 2.84 bits per heavy atom. The summed E-state index contributed by atoms with van der Waals surface area (Å²) in [7, 11) is 1.79. The monoisotopic (exact) mass is 336 g/mol. The summed E-state index contributed by atoms with van der Waals surface area (Å²) >= 11 is 0. The van der Waals surface area contributed by atoms with E-state index in [1.807, 2.05) is 31.2 Å². The van der Waals surface area contributed by atoms with Gasteiger partial charge in [0, 0.05) is 18.0 Å². The molecule has 0 aliphatic rings. The van der Waals surface area contributed by atoms with E-state index in [1.54, 1.807) is 23.7 Å². The number of aromatic amines is 1. The van der Waals surface area contributed by atoms with Crippen molar-refractivity contribution in [1.29, 1.82) is 0 Å². The van der Waals surface area contributed by atoms with Gasteiger partial charge in [0.05, 0.1) is 17.1 Å². The number of fused-ring (bicyclic) bond motifs is 2. The maximum atomic E-state index is 13.4. The number of imidazole rings is 1. The third-order valence-corrected chi connectivity index (χ3v) is 4.40. The van der Waals surface area contributed by atoms with E-state index in [-0.39, 0.29) is 17.8 Å². The summed E-state index contributed by atoms with van der Waals surface area (Å²) < 4.78 is 15.1. The molecule has 1 atom stereocenters. The topological polar surface area (TPSA) is 62.7 Å². The molecule has 0 radical (unpaired) electrons. The average molecular weight is 336 g/mol. The van der Waals surface area contributed by atoms with E-state index >= 15 is 0 Å². The van der Waals surface area contributed by atoms with Crippen LogP contribution in [0.5, 0.6) is 0 Å². The second-order valence-corrected chi connectivity index (χ2v) is 6.13. The quantitative estimate of drug-likeness (QED) is 0.599. The van der Waals surface area contributed by atoms with Crippen LogP contribution in [-0.2, 0) is 7.05 Å². The second kappa shape index (κ2) is 5.73. The van der Waals surface area contributed by atoms with E-state index in [9.17, 15) is 9.18 Å². The van der Waals surface area contributed by atoms with Crippen molar-refractivity contribution in [1.82, 2.24) is 19.9 Å². The highest BCUT2D eigenvalue weighted by molar-refractivity contribution is 5.98. The average Bonchev–Trinajstić information content (AvgIpc) is 3.16. The Kier molecular flexibility index (Phi) is 3.53. The summed E-state index contributed by atoms with van der Waals surface area (Å²) in [6.07, 6.45) is 0. The number of hydrogen-bond donors (Lipinski definition) is 2. The number of aromatic nitrogens is 3. The fourth-order valence-electron chi connectivity index (χ4n) is 3.05. The van der Waals surface area contributed by atoms with Gasteiger partial charge in [0.15, 0.2) is 0 Å². The lowest BCUT2D eigenvalue weighted by molar-refractivity contribution is 0.0930. The van der Waals surface area contributed by atoms with Gasteiger partial charge in [-0.05, 0) is 43.3 Å². The largest absolute Gasteiger partial charge is 0.341 e. The first-order chi connectivity index (χ1) is 12.0. The minimum Gasteiger partial charge on any atom is -0.341 e. The molecule has 6 heteroatoms. The van der Waals surface area contributed by atoms with Crippen LogP contribution < -0.4 is 5.32 Å². The lowest BCUT2D eigenvalue weighted by Gasteiger charge is -2.12. The molecule has 25 heavy (non-hydrogen) atoms. The highest BCUT2D eigenvalue weighted by atomic mass is 19.1. The number of nitrogens with zero attached hydrogens (tertiary/aromatic N) is 2. The van der Waals surface area contributed by atoms with E-state index < -0.39 is 0 Å². The summed E-state index contributed by atoms with van der Waals surface area (Å²) in [5.74, 6) is 0.145. The Bertz CT molecular complexity index is 1060. The van der Waals surface area contributed by atoms with Gasteiger partial charge in [-0.15, -0.1) is 0 Å². The Morgan fingerprint density at radius 1 is 1.24 bits per heavy atom. The van der Waals surface area contributed by atoms with Crippen molar-refractivity contribution in [2.75, 3.05) is 0 Å². The molecule has 2 N–H and O–H groups in total. The lowest BCUT2D eigenvalue weighted by Crippen LogP contribution is -2.28. The number of aryl methyl sites for hydroxylation is 1. The van der Waals surface area contributed by atoms with Gasteiger partial charge in [0.2, 0.25) is 0 Å². The zero-order valence-electron chi connectivity index (χ0n) is 13.9. The number of carbonyl (C=O) groups is 1. The molecule has 0 fully saturated rings. The number of rotatable bonds is 3. The SMILES string of the molecule is C[C@H](NC(=O)c1cc2cc(F)ccc2n1C)c1nc2ccccc2[nH]1. The molecule has 0 aliphatic carbocycles. The number of amides is 1. The molecule has 0 bridgehead atoms. The molecule has 0 spiro atoms. The van der Waals surface area contributed by atoms with Gasteiger partial charge >= 0.3 is 0 Å². The number of nitrogens with one attached hydrogen (secondary N) is 2. The molecule has 2 aromatic heterocycles. The minimum atomic E-state index is -0.319. The van der Waals surface area contributed by atoms with Gasteiger partial charge in [0.1, 0.15) is 17.3 Å². The van der Waals surface area contributed by atoms with Crippen molar-refractivity contribution in [3.63, 3.8) is 0 Å². The number of hydrogen-bond acceptors (Lipinski definition) is 2. The molecule has 5 nitrogen and oxygen atoms in total. The Balaban J connectivity index is 1.62. The summed E-state index contributed by atoms with van der Waals surface area (Å²) in [5, 5.41) is 3.64. The Morgan fingerprint density at radius 2 is 2.04 bits per heavy atom. The van der Waals surface area contributed by atoms with Crippen LogP contribution in [0.2, 0.25) is 0 Å². The Hall–Kier alpha value is -3.15. The minimum absolute atomic E-state index is 0.230. The van der Waals surface area contributed by atoms with Crippen LogP contribution in [0.15, 0.2) is 48.5 Å². The van der Waals surface area contributed by atoms with Crippen LogP contribution in [-0.4, -0.2) is 20.4 Å². The van der Waals surface area contributed by atoms with Crippen molar-refractivity contribution < 1.29 is 9.18 Å². The zero-order valence-corrected chi connectivity index (χ0v) is 13.9. The van der Waals surface area contributed by atoms with Gasteiger partial charge in [-0.3, -0.25) is 4.79 Å². The fraction of sp³-hybridized carbons (Fsp3) is 0.158. The van der Waals surface area contributed by atoms with Crippen molar-refractivity contribution in [3.8, 4) is 0 Å². The maximum Gasteiger partial charge on any atom is 0.268 e. The van der Waals surface area contributed by atoms with Crippen LogP contribution in [0.25, 0.3) is 21.9 Å². The second-order valence-electron chi connectivity index (χ2n) is 6.13. The molecule has 0 saturated heterocycles. The highest BCUT2D eigenvalue weighted by Gasteiger charge is 2.18. The lowest BCUT2D eigenvalue weighted by atomic mass is 10.2. The van der Waals surface area contributed by atoms with E-state index in [4.69, 9.17) is 0 Å². The van der Waals surface area contributed by atoms with Gasteiger partial charge < -0.3 is 14.9 Å². The standard InChI is InChI=1S/C19H17FN4O/c1-11(18-22-14-5-3-4-6-15(14)23-18)21-19(25)17-10-12-9-13(20)7-8-16(12)24(17)2/h3-11H,1-2H3,(H,21,25)(H,22,23)/t11-/m0/s1. The summed E-state index contributed by atoms with van der Waals surface area (Å²) in [6, 6.07) is 13.6. The third-order valence-electron chi connectivity index (χ3n) is 4.40. The number of benzene rings is 2. The summed E-state index contributed by atoms with van der Waals surface area (Å²) in [5.41, 5.74) is 3.07. The van der Waals surface area contributed by atoms with Crippen molar-refractivity contribution in [2.24, 2.45) is 7.05 Å². The number of halogens is 1. The predicted molar refractivity (Wildman–Crippen MR) is 94.9 cm³/mol. The van der Waals surface area contributed by atoms with E-state index in [1.165, 1.54) is 12.1 Å². The molecule has 1 amide bonds. The predicted octanol–water partition coefficient (Wildman–Crippen LogP) is 3.68. The molecule has 4 rings (SSSR count). The maximum absolute atomic E-state index is 13.4. The number of para-hydroxylation sites is 2. The number of H-pyrrole nitrogens is 1. The third kappa shape index (κ3) is 2.65. The fourth-order valence-corrected chi connectivity index (χ4v) is 3.05. The Labute approximate surface area is 143 Å². The van der Waals surface area contributed by atoms with Crippen LogP contribution in [0.1, 0.15) is 29.3 Å². The smallest absolute Gasteiger partial charge is 0.268 e. The molecule has 0 aliphatic heterocycles. The van der Waals surface area contributed by atoms with Crippen molar-refractivity contribution >= 4 is 27.8 Å². The first-order valence-electron chi connectivity index (χ1n) is 8.03. The molecule has 0 unspecified atom stereocenters. The molecule has 126 valence electrons. The molecule has 2 heterocycles. The first kappa shape index (κ1) is 15.4. The molecule has 2 aromatic carbocycles. The van der Waals surface area contributed by atoms with Gasteiger partial charge in [-0.1, -0.05) is 12.1 Å². The van der Waals surface area contributed by atoms with Crippen molar-refractivity contribution in [3.05, 3.63) is 65.9 Å². The van der Waals surface area contributed by atoms with Gasteiger partial charge in [-0.2, -0.15) is 0 Å². The molecule has 0 saturated carbocycles. The normalized spacial score (nSPS) is 12.6. The summed E-state index contributed by atoms with van der Waals surface area (Å²) in [4.78, 5) is 20.4. The zero-order chi connectivity index (χ0) is 17.6. The highest BCUT2D eigenvalue weighted by Crippen LogP contribution is 2.21. The van der Waals surface area contributed by atoms with E-state index in [0.29, 0.717) is 16.9 Å². The number of carbonyl (C=O) groups excluding carboxylic acids is 1. The summed E-state index contributed by atoms with van der Waals surface area (Å²) in [6.45, 7) is 1.87. The van der Waals surface area contributed by atoms with E-state index in [2.05, 4.69) is 15.3 Å². The van der Waals surface area contributed by atoms with Crippen molar-refractivity contribution in [2.45, 2.75) is 13.0 Å². The van der Waals surface area contributed by atoms with Crippen LogP contribution in [0, 0.1) is 5.82 Å². The van der Waals surface area contributed by atoms with Crippen LogP contribution >= 0.6 is 0 Å². The molecular formula is C19H17FN4O. The van der Waals surface area contributed by atoms with Crippen LogP contribution in [0.4, 0.5) is 4.39 Å². The van der Waals surface area contributed by atoms with E-state index in [0.717, 1.165) is 16.6 Å². The van der Waals surface area contributed by atoms with Gasteiger partial charge in [-0.25, -0.2) is 9.37 Å². The van der Waals surface area contributed by atoms with Gasteiger partial charge in [0.25, 0.3) is 5.91 Å². The first-order valence-corrected chi connectivity index (χ1v) is 8.03.